The van der Waals surface area contributed by atoms with E-state index in [-0.39, 0.29) is 24.8 Å². The first-order chi connectivity index (χ1) is 21.6. The van der Waals surface area contributed by atoms with E-state index in [1.807, 2.05) is 0 Å². The van der Waals surface area contributed by atoms with Crippen molar-refractivity contribution in [1.82, 2.24) is 25.1 Å². The van der Waals surface area contributed by atoms with Crippen LogP contribution < -0.4 is 20.1 Å². The number of carbonyl (C=O) groups is 1. The van der Waals surface area contributed by atoms with Crippen LogP contribution in [0.2, 0.25) is 0 Å². The highest BCUT2D eigenvalue weighted by molar-refractivity contribution is 7.46. The van der Waals surface area contributed by atoms with Gasteiger partial charge in [0.05, 0.1) is 32.3 Å². The van der Waals surface area contributed by atoms with Crippen LogP contribution in [0.15, 0.2) is 42.7 Å². The van der Waals surface area contributed by atoms with Crippen molar-refractivity contribution in [3.05, 3.63) is 60.1 Å². The Morgan fingerprint density at radius 2 is 1.93 bits per heavy atom. The Morgan fingerprint density at radius 3 is 2.69 bits per heavy atom. The highest BCUT2D eigenvalue weighted by Crippen LogP contribution is 2.37. The van der Waals surface area contributed by atoms with Gasteiger partial charge in [-0.2, -0.15) is 5.10 Å². The van der Waals surface area contributed by atoms with Gasteiger partial charge in [-0.25, -0.2) is 23.3 Å². The van der Waals surface area contributed by atoms with Crippen molar-refractivity contribution in [2.24, 2.45) is 0 Å². The first kappa shape index (κ1) is 32.2. The summed E-state index contributed by atoms with van der Waals surface area (Å²) in [6.07, 6.45) is 3.67. The third-order valence-electron chi connectivity index (χ3n) is 7.08. The van der Waals surface area contributed by atoms with Gasteiger partial charge in [0.25, 0.3) is 0 Å². The van der Waals surface area contributed by atoms with E-state index in [9.17, 15) is 18.1 Å². The van der Waals surface area contributed by atoms with Gasteiger partial charge in [0.2, 0.25) is 5.91 Å². The van der Waals surface area contributed by atoms with Gasteiger partial charge >= 0.3 is 7.82 Å². The monoisotopic (exact) mass is 647 g/mol. The first-order valence-corrected chi connectivity index (χ1v) is 15.6. The molecule has 1 aliphatic rings. The van der Waals surface area contributed by atoms with Crippen LogP contribution >= 0.6 is 7.82 Å². The summed E-state index contributed by atoms with van der Waals surface area (Å²) >= 11 is 0. The van der Waals surface area contributed by atoms with Crippen molar-refractivity contribution in [2.75, 3.05) is 44.0 Å². The van der Waals surface area contributed by atoms with Crippen LogP contribution in [0, 0.1) is 11.6 Å². The number of ether oxygens (including phenoxy) is 2. The van der Waals surface area contributed by atoms with Gasteiger partial charge in [-0.15, -0.1) is 0 Å². The molecule has 45 heavy (non-hydrogen) atoms. The summed E-state index contributed by atoms with van der Waals surface area (Å²) in [5, 5.41) is 13.1. The molecule has 17 heteroatoms. The minimum atomic E-state index is -4.51. The molecular weight excluding hydrogens is 615 g/mol. The van der Waals surface area contributed by atoms with Crippen molar-refractivity contribution in [3.63, 3.8) is 0 Å². The number of benzene rings is 2. The number of methoxy groups -OCH3 is 1. The minimum absolute atomic E-state index is 0.00602. The smallest absolute Gasteiger partial charge is 0.469 e. The number of hydrogen-bond acceptors (Lipinski definition) is 10. The maximum absolute atomic E-state index is 13.4. The fourth-order valence-corrected chi connectivity index (χ4v) is 5.46. The van der Waals surface area contributed by atoms with Crippen LogP contribution in [0.5, 0.6) is 11.5 Å². The predicted molar refractivity (Wildman–Crippen MR) is 159 cm³/mol. The zero-order chi connectivity index (χ0) is 32.0. The molecule has 0 bridgehead atoms. The quantitative estimate of drug-likeness (QED) is 0.0984. The number of carbonyl (C=O) groups excluding carboxylic acids is 1. The lowest BCUT2D eigenvalue weighted by molar-refractivity contribution is -0.115. The van der Waals surface area contributed by atoms with Gasteiger partial charge in [0.15, 0.2) is 17.3 Å². The van der Waals surface area contributed by atoms with E-state index < -0.39 is 25.4 Å². The van der Waals surface area contributed by atoms with E-state index in [1.165, 1.54) is 13.4 Å². The molecule has 2 aromatic heterocycles. The van der Waals surface area contributed by atoms with Crippen molar-refractivity contribution >= 4 is 42.0 Å². The summed E-state index contributed by atoms with van der Waals surface area (Å²) in [7, 11) is -2.99. The molecule has 1 amide bonds. The fourth-order valence-electron chi connectivity index (χ4n) is 5.09. The molecule has 5 N–H and O–H groups in total. The lowest BCUT2D eigenvalue weighted by atomic mass is 10.2. The van der Waals surface area contributed by atoms with E-state index in [0.717, 1.165) is 31.5 Å². The Bertz CT molecular complexity index is 1680. The van der Waals surface area contributed by atoms with E-state index in [1.54, 1.807) is 18.2 Å². The van der Waals surface area contributed by atoms with Crippen molar-refractivity contribution < 1.29 is 41.9 Å². The lowest BCUT2D eigenvalue weighted by Gasteiger charge is -2.24. The summed E-state index contributed by atoms with van der Waals surface area (Å²) in [5.41, 5.74) is 1.04. The molecule has 0 unspecified atom stereocenters. The number of anilines is 3. The molecule has 4 aromatic rings. The number of nitrogens with zero attached hydrogens (tertiary/aromatic N) is 4. The van der Waals surface area contributed by atoms with Gasteiger partial charge in [-0.1, -0.05) is 0 Å². The predicted octanol–water partition coefficient (Wildman–Crippen LogP) is 3.91. The summed E-state index contributed by atoms with van der Waals surface area (Å²) in [6.45, 7) is 1.85. The van der Waals surface area contributed by atoms with E-state index in [4.69, 9.17) is 23.8 Å². The van der Waals surface area contributed by atoms with Crippen molar-refractivity contribution in [3.8, 4) is 11.5 Å². The number of aromatic amines is 1. The average Bonchev–Trinajstić information content (AvgIpc) is 3.61. The molecule has 5 rings (SSSR count). The number of fused-ring (bicyclic) bond motifs is 1. The number of phosphoric ester groups is 1. The lowest BCUT2D eigenvalue weighted by Crippen LogP contribution is -2.34. The topological polar surface area (TPSA) is 184 Å². The Morgan fingerprint density at radius 1 is 1.13 bits per heavy atom. The van der Waals surface area contributed by atoms with Gasteiger partial charge < -0.3 is 29.9 Å². The number of amides is 1. The maximum Gasteiger partial charge on any atom is 0.469 e. The molecule has 240 valence electrons. The molecule has 3 heterocycles. The van der Waals surface area contributed by atoms with Crippen LogP contribution in [0.25, 0.3) is 10.9 Å². The third-order valence-corrected chi connectivity index (χ3v) is 7.56. The largest absolute Gasteiger partial charge is 0.493 e. The van der Waals surface area contributed by atoms with Crippen LogP contribution in [0.4, 0.5) is 26.1 Å². The number of halogens is 2. The molecule has 1 fully saturated rings. The number of hydrogen-bond donors (Lipinski definition) is 5. The molecule has 1 aliphatic heterocycles. The normalized spacial score (nSPS) is 15.4. The molecular formula is C28H32F2N7O7P. The molecule has 2 aromatic carbocycles. The number of nitrogens with one attached hydrogen (secondary N) is 3. The Labute approximate surface area is 256 Å². The van der Waals surface area contributed by atoms with Gasteiger partial charge in [0.1, 0.15) is 23.8 Å². The number of H-pyrrole nitrogens is 1. The molecule has 0 aliphatic carbocycles. The van der Waals surface area contributed by atoms with Gasteiger partial charge in [0, 0.05) is 47.6 Å². The summed E-state index contributed by atoms with van der Waals surface area (Å²) in [5.74, 6) is -0.332. The molecule has 0 saturated carbocycles. The number of likely N-dealkylation sites (tertiary alicyclic amines) is 1. The summed E-state index contributed by atoms with van der Waals surface area (Å²) < 4.78 is 54.2. The Balaban J connectivity index is 1.18. The second-order valence-corrected chi connectivity index (χ2v) is 11.6. The van der Waals surface area contributed by atoms with Crippen LogP contribution in [0.1, 0.15) is 25.0 Å². The Kier molecular flexibility index (Phi) is 10.2. The minimum Gasteiger partial charge on any atom is -0.493 e. The number of aromatic nitrogens is 4. The second kappa shape index (κ2) is 14.3. The number of phosphoric acid groups is 1. The second-order valence-electron chi connectivity index (χ2n) is 10.3. The Hall–Kier alpha value is -4.21. The van der Waals surface area contributed by atoms with Crippen LogP contribution in [-0.2, 0) is 20.3 Å². The van der Waals surface area contributed by atoms with Crippen molar-refractivity contribution in [1.29, 1.82) is 0 Å². The molecule has 1 atom stereocenters. The molecule has 0 spiro atoms. The van der Waals surface area contributed by atoms with Crippen LogP contribution in [0.3, 0.4) is 0 Å². The van der Waals surface area contributed by atoms with E-state index in [0.29, 0.717) is 65.4 Å². The molecule has 0 radical (unpaired) electrons. The van der Waals surface area contributed by atoms with E-state index in [2.05, 4.69) is 35.7 Å². The third kappa shape index (κ3) is 8.93. The van der Waals surface area contributed by atoms with Crippen molar-refractivity contribution in [2.45, 2.75) is 31.7 Å². The molecule has 14 nitrogen and oxygen atoms in total. The molecule has 1 saturated heterocycles. The number of rotatable bonds is 14. The maximum atomic E-state index is 13.4. The fraction of sp³-hybridized carbons (Fsp3) is 0.357. The van der Waals surface area contributed by atoms with Gasteiger partial charge in [-0.3, -0.25) is 19.3 Å². The summed E-state index contributed by atoms with van der Waals surface area (Å²) in [6, 6.07) is 7.79. The zero-order valence-electron chi connectivity index (χ0n) is 24.2. The highest BCUT2D eigenvalue weighted by Gasteiger charge is 2.27. The van der Waals surface area contributed by atoms with Gasteiger partial charge in [-0.05, 0) is 44.0 Å². The standard InChI is InChI=1S/C28H32F2N7O7P/c1-42-24-13-22-23(14-25(24)43-7-3-6-37-5-2-4-21(37)15-44-45(39,40)41)31-16-32-28(22)34-26-11-20(35-36-26)12-27(38)33-19-9-17(29)8-18(30)10-19/h8-11,13-14,16,21H,2-7,12,15H2,1H3,(H,33,38)(H2,39,40,41)(H2,31,32,34,35,36)/t21-/m1/s1. The SMILES string of the molecule is COc1cc2c(Nc3cc(CC(=O)Nc4cc(F)cc(F)c4)[nH]n3)ncnc2cc1OCCCN1CCC[C@@H]1COP(=O)(O)O. The zero-order valence-corrected chi connectivity index (χ0v) is 25.1. The summed E-state index contributed by atoms with van der Waals surface area (Å²) in [4.78, 5) is 41.2. The average molecular weight is 648 g/mol. The first-order valence-electron chi connectivity index (χ1n) is 14.0. The highest BCUT2D eigenvalue weighted by atomic mass is 31.2. The van der Waals surface area contributed by atoms with Crippen LogP contribution in [-0.4, -0.2) is 80.2 Å². The van der Waals surface area contributed by atoms with E-state index >= 15 is 0 Å².